The Morgan fingerprint density at radius 3 is 2.91 bits per heavy atom. The molecule has 1 aromatic heterocycles. The molecule has 0 radical (unpaired) electrons. The van der Waals surface area contributed by atoms with E-state index in [4.69, 9.17) is 4.74 Å². The molecule has 4 nitrogen and oxygen atoms in total. The van der Waals surface area contributed by atoms with Crippen LogP contribution in [-0.2, 0) is 6.54 Å². The van der Waals surface area contributed by atoms with Gasteiger partial charge in [-0.3, -0.25) is 4.98 Å². The van der Waals surface area contributed by atoms with Crippen LogP contribution in [0.3, 0.4) is 0 Å². The first kappa shape index (κ1) is 21.1. The smallest absolute Gasteiger partial charge is 0.132 e. The van der Waals surface area contributed by atoms with Crippen LogP contribution in [0.1, 0.15) is 30.1 Å². The van der Waals surface area contributed by atoms with Crippen LogP contribution in [0.25, 0.3) is 10.9 Å². The lowest BCUT2D eigenvalue weighted by Gasteiger charge is -2.58. The average molecular weight is 434 g/mol. The van der Waals surface area contributed by atoms with Gasteiger partial charge in [0.25, 0.3) is 0 Å². The highest BCUT2D eigenvalue weighted by Crippen LogP contribution is 2.48. The maximum Gasteiger partial charge on any atom is 0.132 e. The van der Waals surface area contributed by atoms with E-state index in [1.54, 1.807) is 19.4 Å². The molecule has 2 unspecified atom stereocenters. The number of hydrogen-bond donors (Lipinski definition) is 1. The standard InChI is InChI=1S/C27H30FN2O2/c1-3-18-16-30(17-20-6-4-5-7-24(20)28)13-11-19(18)14-26(30)27(31)22-10-12-29-25-9-8-21(32-2)15-23(22)25/h3-10,12,15,18-19,26-27,31H,1,11,13-14,16-17H2,2H3/q+1/t18-,19?,26-,27+,30?/m0/s1. The number of hydrogen-bond acceptors (Lipinski definition) is 3. The zero-order valence-corrected chi connectivity index (χ0v) is 18.5. The molecule has 3 fully saturated rings. The van der Waals surface area contributed by atoms with Gasteiger partial charge in [-0.1, -0.05) is 24.3 Å². The molecule has 0 spiro atoms. The van der Waals surface area contributed by atoms with E-state index < -0.39 is 6.10 Å². The molecule has 4 heterocycles. The number of fused-ring (bicyclic) bond motifs is 4. The lowest BCUT2D eigenvalue weighted by molar-refractivity contribution is -0.985. The summed E-state index contributed by atoms with van der Waals surface area (Å²) in [5, 5.41) is 12.7. The highest BCUT2D eigenvalue weighted by Gasteiger charge is 2.54. The molecule has 0 amide bonds. The van der Waals surface area contributed by atoms with E-state index in [-0.39, 0.29) is 11.9 Å². The zero-order chi connectivity index (χ0) is 22.3. The van der Waals surface area contributed by atoms with Crippen molar-refractivity contribution in [3.8, 4) is 5.75 Å². The van der Waals surface area contributed by atoms with Crippen LogP contribution in [0.4, 0.5) is 4.39 Å². The third-order valence-electron chi connectivity index (χ3n) is 7.78. The molecular formula is C27H30FN2O2+. The molecule has 3 aromatic rings. The van der Waals surface area contributed by atoms with Crippen LogP contribution in [0.2, 0.25) is 0 Å². The molecule has 0 saturated carbocycles. The fraction of sp³-hybridized carbons (Fsp3) is 0.370. The number of nitrogens with zero attached hydrogens (tertiary/aromatic N) is 2. The number of ether oxygens (including phenoxy) is 1. The Balaban J connectivity index is 1.57. The third kappa shape index (κ3) is 3.50. The number of aromatic nitrogens is 1. The van der Waals surface area contributed by atoms with Gasteiger partial charge in [-0.2, -0.15) is 0 Å². The van der Waals surface area contributed by atoms with E-state index in [0.717, 1.165) is 48.1 Å². The van der Waals surface area contributed by atoms with Crippen LogP contribution in [0.15, 0.2) is 67.4 Å². The predicted molar refractivity (Wildman–Crippen MR) is 124 cm³/mol. The van der Waals surface area contributed by atoms with Gasteiger partial charge in [0.2, 0.25) is 0 Å². The molecule has 6 rings (SSSR count). The Labute approximate surface area is 188 Å². The minimum Gasteiger partial charge on any atom is -0.497 e. The van der Waals surface area contributed by atoms with E-state index in [9.17, 15) is 9.50 Å². The maximum atomic E-state index is 14.7. The Bertz CT molecular complexity index is 1150. The number of rotatable bonds is 6. The van der Waals surface area contributed by atoms with Crippen LogP contribution in [0.5, 0.6) is 5.75 Å². The minimum atomic E-state index is -0.673. The normalized spacial score (nSPS) is 27.9. The summed E-state index contributed by atoms with van der Waals surface area (Å²) in [5.41, 5.74) is 2.42. The van der Waals surface area contributed by atoms with E-state index in [0.29, 0.717) is 28.4 Å². The number of aliphatic hydroxyl groups is 1. The summed E-state index contributed by atoms with van der Waals surface area (Å²) in [6.45, 7) is 6.49. The average Bonchev–Trinajstić information content (AvgIpc) is 2.84. The van der Waals surface area contributed by atoms with Crippen LogP contribution in [-0.4, -0.2) is 40.8 Å². The second kappa shape index (κ2) is 8.30. The number of methoxy groups -OCH3 is 1. The molecule has 5 heteroatoms. The molecule has 0 aliphatic carbocycles. The number of quaternary nitrogens is 1. The lowest BCUT2D eigenvalue weighted by Crippen LogP contribution is -2.67. The fourth-order valence-electron chi connectivity index (χ4n) is 6.09. The first-order valence-corrected chi connectivity index (χ1v) is 11.4. The molecule has 2 aromatic carbocycles. The molecule has 3 saturated heterocycles. The van der Waals surface area contributed by atoms with Crippen molar-refractivity contribution >= 4 is 10.9 Å². The first-order chi connectivity index (χ1) is 15.5. The summed E-state index contributed by atoms with van der Waals surface area (Å²) in [7, 11) is 1.64. The summed E-state index contributed by atoms with van der Waals surface area (Å²) < 4.78 is 20.8. The largest absolute Gasteiger partial charge is 0.497 e. The van der Waals surface area contributed by atoms with Gasteiger partial charge < -0.3 is 14.3 Å². The molecule has 5 atom stereocenters. The number of halogens is 1. The van der Waals surface area contributed by atoms with Crippen molar-refractivity contribution in [2.75, 3.05) is 20.2 Å². The molecule has 2 bridgehead atoms. The molecular weight excluding hydrogens is 403 g/mol. The monoisotopic (exact) mass is 433 g/mol. The van der Waals surface area contributed by atoms with Gasteiger partial charge in [0, 0.05) is 35.9 Å². The predicted octanol–water partition coefficient (Wildman–Crippen LogP) is 5.03. The topological polar surface area (TPSA) is 42.4 Å². The van der Waals surface area contributed by atoms with E-state index >= 15 is 0 Å². The minimum absolute atomic E-state index is 0.0126. The summed E-state index contributed by atoms with van der Waals surface area (Å²) in [6, 6.07) is 14.7. The van der Waals surface area contributed by atoms with Crippen molar-refractivity contribution in [3.63, 3.8) is 0 Å². The second-order valence-electron chi connectivity index (χ2n) is 9.35. The van der Waals surface area contributed by atoms with Gasteiger partial charge in [0.05, 0.1) is 25.7 Å². The SMILES string of the molecule is C=C[C@H]1C[N+]2(Cc3ccccc3F)CCC1C[C@H]2[C@H](O)c1ccnc2ccc(OC)cc12. The summed E-state index contributed by atoms with van der Waals surface area (Å²) >= 11 is 0. The Morgan fingerprint density at radius 1 is 1.28 bits per heavy atom. The van der Waals surface area contributed by atoms with Crippen molar-refractivity contribution in [1.82, 2.24) is 4.98 Å². The van der Waals surface area contributed by atoms with E-state index in [1.165, 1.54) is 6.07 Å². The summed E-state index contributed by atoms with van der Waals surface area (Å²) in [5.74, 6) is 1.48. The van der Waals surface area contributed by atoms with Crippen molar-refractivity contribution in [3.05, 3.63) is 84.3 Å². The number of pyridine rings is 1. The Morgan fingerprint density at radius 2 is 2.12 bits per heavy atom. The summed E-state index contributed by atoms with van der Waals surface area (Å²) in [6.07, 6.45) is 5.14. The van der Waals surface area contributed by atoms with Gasteiger partial charge in [-0.15, -0.1) is 6.58 Å². The fourth-order valence-corrected chi connectivity index (χ4v) is 6.09. The van der Waals surface area contributed by atoms with Crippen LogP contribution in [0, 0.1) is 17.7 Å². The van der Waals surface area contributed by atoms with E-state index in [1.807, 2.05) is 36.4 Å². The van der Waals surface area contributed by atoms with Gasteiger partial charge in [-0.05, 0) is 41.8 Å². The van der Waals surface area contributed by atoms with Crippen molar-refractivity contribution < 1.29 is 18.7 Å². The number of piperidine rings is 3. The quantitative estimate of drug-likeness (QED) is 0.438. The number of aliphatic hydroxyl groups excluding tert-OH is 1. The maximum absolute atomic E-state index is 14.7. The van der Waals surface area contributed by atoms with E-state index in [2.05, 4.69) is 17.6 Å². The first-order valence-electron chi connectivity index (χ1n) is 11.4. The summed E-state index contributed by atoms with van der Waals surface area (Å²) in [4.78, 5) is 4.48. The van der Waals surface area contributed by atoms with Gasteiger partial charge >= 0.3 is 0 Å². The second-order valence-corrected chi connectivity index (χ2v) is 9.35. The molecule has 1 N–H and O–H groups in total. The Hall–Kier alpha value is -2.76. The van der Waals surface area contributed by atoms with Crippen molar-refractivity contribution in [1.29, 1.82) is 0 Å². The number of benzene rings is 2. The molecule has 3 aliphatic heterocycles. The Kier molecular flexibility index (Phi) is 5.48. The molecule has 166 valence electrons. The van der Waals surface area contributed by atoms with Crippen molar-refractivity contribution in [2.24, 2.45) is 11.8 Å². The van der Waals surface area contributed by atoms with Gasteiger partial charge in [-0.25, -0.2) is 4.39 Å². The molecule has 32 heavy (non-hydrogen) atoms. The highest BCUT2D eigenvalue weighted by atomic mass is 19.1. The molecule has 3 aliphatic rings. The van der Waals surface area contributed by atoms with Crippen LogP contribution < -0.4 is 4.74 Å². The highest BCUT2D eigenvalue weighted by molar-refractivity contribution is 5.83. The van der Waals surface area contributed by atoms with Gasteiger partial charge in [0.15, 0.2) is 0 Å². The zero-order valence-electron chi connectivity index (χ0n) is 18.5. The lowest BCUT2D eigenvalue weighted by atomic mass is 9.71. The van der Waals surface area contributed by atoms with Gasteiger partial charge in [0.1, 0.15) is 30.3 Å². The third-order valence-corrected chi connectivity index (χ3v) is 7.78. The van der Waals surface area contributed by atoms with Crippen molar-refractivity contribution in [2.45, 2.75) is 31.5 Å². The van der Waals surface area contributed by atoms with Crippen LogP contribution >= 0.6 is 0 Å².